The van der Waals surface area contributed by atoms with E-state index < -0.39 is 5.82 Å². The number of hydrogen-bond acceptors (Lipinski definition) is 5. The first-order valence-electron chi connectivity index (χ1n) is 7.73. The second-order valence-electron chi connectivity index (χ2n) is 5.49. The molecule has 0 aliphatic heterocycles. The Morgan fingerprint density at radius 3 is 2.81 bits per heavy atom. The Balaban J connectivity index is 1.58. The molecule has 1 amide bonds. The summed E-state index contributed by atoms with van der Waals surface area (Å²) < 4.78 is 24.1. The monoisotopic (exact) mass is 368 g/mol. The van der Waals surface area contributed by atoms with Crippen LogP contribution in [0.3, 0.4) is 0 Å². The zero-order valence-corrected chi connectivity index (χ0v) is 14.5. The number of amides is 1. The second-order valence-corrected chi connectivity index (χ2v) is 6.35. The lowest BCUT2D eigenvalue weighted by Gasteiger charge is -2.01. The Kier molecular flexibility index (Phi) is 4.14. The lowest BCUT2D eigenvalue weighted by Crippen LogP contribution is -2.11. The summed E-state index contributed by atoms with van der Waals surface area (Å²) >= 11 is 1.28. The molecule has 0 atom stereocenters. The van der Waals surface area contributed by atoms with Gasteiger partial charge in [-0.15, -0.1) is 11.3 Å². The lowest BCUT2D eigenvalue weighted by molar-refractivity contribution is 0.102. The van der Waals surface area contributed by atoms with E-state index in [9.17, 15) is 9.18 Å². The predicted molar refractivity (Wildman–Crippen MR) is 98.2 cm³/mol. The van der Waals surface area contributed by atoms with Gasteiger partial charge in [0, 0.05) is 16.3 Å². The van der Waals surface area contributed by atoms with E-state index in [-0.39, 0.29) is 5.91 Å². The third kappa shape index (κ3) is 3.04. The number of fused-ring (bicyclic) bond motifs is 1. The number of nitrogens with one attached hydrogen (secondary N) is 1. The lowest BCUT2D eigenvalue weighted by atomic mass is 10.2. The number of ether oxygens (including phenoxy) is 1. The fraction of sp³-hybridized carbons (Fsp3) is 0.0526. The Morgan fingerprint density at radius 1 is 1.23 bits per heavy atom. The minimum absolute atomic E-state index is 0.350. The van der Waals surface area contributed by atoms with Crippen molar-refractivity contribution in [2.24, 2.45) is 0 Å². The molecule has 2 aromatic heterocycles. The molecule has 130 valence electrons. The van der Waals surface area contributed by atoms with Crippen molar-refractivity contribution in [3.8, 4) is 17.2 Å². The van der Waals surface area contributed by atoms with Gasteiger partial charge in [0.25, 0.3) is 5.91 Å². The summed E-state index contributed by atoms with van der Waals surface area (Å²) in [4.78, 5) is 16.6. The van der Waals surface area contributed by atoms with Crippen LogP contribution < -0.4 is 10.1 Å². The maximum atomic E-state index is 12.9. The molecule has 4 aromatic rings. The van der Waals surface area contributed by atoms with Crippen LogP contribution in [0.15, 0.2) is 58.3 Å². The van der Waals surface area contributed by atoms with Gasteiger partial charge in [0.15, 0.2) is 22.2 Å². The summed E-state index contributed by atoms with van der Waals surface area (Å²) in [5.41, 5.74) is 1.62. The Labute approximate surface area is 152 Å². The molecular formula is C19H13FN2O3S. The van der Waals surface area contributed by atoms with Crippen LogP contribution in [0.25, 0.3) is 22.4 Å². The number of para-hydroxylation sites is 1. The molecule has 0 fully saturated rings. The third-order valence-electron chi connectivity index (χ3n) is 3.81. The number of thiazole rings is 1. The molecule has 7 heteroatoms. The largest absolute Gasteiger partial charge is 0.493 e. The van der Waals surface area contributed by atoms with Crippen molar-refractivity contribution in [1.29, 1.82) is 0 Å². The molecule has 0 bridgehead atoms. The Bertz CT molecular complexity index is 1090. The molecule has 0 aliphatic rings. The molecule has 26 heavy (non-hydrogen) atoms. The Hall–Kier alpha value is -3.19. The number of carbonyl (C=O) groups is 1. The fourth-order valence-electron chi connectivity index (χ4n) is 2.54. The van der Waals surface area contributed by atoms with Gasteiger partial charge >= 0.3 is 0 Å². The minimum atomic E-state index is -0.390. The van der Waals surface area contributed by atoms with Gasteiger partial charge in [0.1, 0.15) is 11.5 Å². The van der Waals surface area contributed by atoms with Crippen molar-refractivity contribution < 1.29 is 18.3 Å². The molecule has 0 saturated carbocycles. The zero-order valence-electron chi connectivity index (χ0n) is 13.7. The van der Waals surface area contributed by atoms with Gasteiger partial charge in [-0.1, -0.05) is 12.1 Å². The fourth-order valence-corrected chi connectivity index (χ4v) is 3.23. The van der Waals surface area contributed by atoms with Crippen molar-refractivity contribution in [1.82, 2.24) is 4.98 Å². The van der Waals surface area contributed by atoms with Crippen LogP contribution in [0.2, 0.25) is 0 Å². The maximum Gasteiger partial charge on any atom is 0.257 e. The van der Waals surface area contributed by atoms with E-state index in [1.807, 2.05) is 24.3 Å². The van der Waals surface area contributed by atoms with Crippen molar-refractivity contribution in [3.05, 3.63) is 65.3 Å². The molecule has 5 nitrogen and oxygen atoms in total. The molecule has 0 spiro atoms. The molecule has 0 saturated heterocycles. The molecule has 2 heterocycles. The summed E-state index contributed by atoms with van der Waals surface area (Å²) in [5.74, 6) is 0.493. The van der Waals surface area contributed by atoms with Gasteiger partial charge in [-0.05, 0) is 36.4 Å². The van der Waals surface area contributed by atoms with Crippen LogP contribution in [0.1, 0.15) is 10.4 Å². The van der Waals surface area contributed by atoms with E-state index in [0.717, 1.165) is 5.39 Å². The highest BCUT2D eigenvalue weighted by atomic mass is 32.1. The second kappa shape index (κ2) is 6.61. The molecule has 0 radical (unpaired) electrons. The number of furan rings is 1. The van der Waals surface area contributed by atoms with E-state index >= 15 is 0 Å². The zero-order chi connectivity index (χ0) is 18.1. The van der Waals surface area contributed by atoms with Crippen LogP contribution >= 0.6 is 11.3 Å². The number of halogens is 1. The van der Waals surface area contributed by atoms with Gasteiger partial charge < -0.3 is 9.15 Å². The maximum absolute atomic E-state index is 12.9. The molecular weight excluding hydrogens is 355 g/mol. The first kappa shape index (κ1) is 16.3. The first-order chi connectivity index (χ1) is 12.6. The predicted octanol–water partition coefficient (Wildman–Crippen LogP) is 4.96. The number of carbonyl (C=O) groups excluding carboxylic acids is 1. The number of nitrogens with zero attached hydrogens (tertiary/aromatic N) is 1. The minimum Gasteiger partial charge on any atom is -0.493 e. The number of rotatable bonds is 4. The summed E-state index contributed by atoms with van der Waals surface area (Å²) in [6.07, 6.45) is 0. The summed E-state index contributed by atoms with van der Waals surface area (Å²) in [7, 11) is 1.59. The standard InChI is InChI=1S/C19H13FN2O3S/c1-24-15-4-2-3-12-9-16(25-17(12)15)14-10-26-19(21-14)22-18(23)11-5-7-13(20)8-6-11/h2-10H,1H3,(H,21,22,23). The highest BCUT2D eigenvalue weighted by Crippen LogP contribution is 2.34. The molecule has 0 unspecified atom stereocenters. The third-order valence-corrected chi connectivity index (χ3v) is 4.57. The van der Waals surface area contributed by atoms with E-state index in [0.29, 0.717) is 33.5 Å². The number of anilines is 1. The number of aromatic nitrogens is 1. The van der Waals surface area contributed by atoms with Crippen molar-refractivity contribution in [2.45, 2.75) is 0 Å². The average Bonchev–Trinajstić information content (AvgIpc) is 3.28. The van der Waals surface area contributed by atoms with Crippen molar-refractivity contribution in [2.75, 3.05) is 12.4 Å². The van der Waals surface area contributed by atoms with E-state index in [1.54, 1.807) is 12.5 Å². The molecule has 4 rings (SSSR count). The smallest absolute Gasteiger partial charge is 0.257 e. The number of hydrogen-bond donors (Lipinski definition) is 1. The molecule has 1 N–H and O–H groups in total. The van der Waals surface area contributed by atoms with Crippen LogP contribution in [-0.4, -0.2) is 18.0 Å². The van der Waals surface area contributed by atoms with Gasteiger partial charge in [-0.2, -0.15) is 0 Å². The highest BCUT2D eigenvalue weighted by molar-refractivity contribution is 7.14. The first-order valence-corrected chi connectivity index (χ1v) is 8.61. The van der Waals surface area contributed by atoms with Gasteiger partial charge in [0.2, 0.25) is 0 Å². The van der Waals surface area contributed by atoms with Gasteiger partial charge in [-0.3, -0.25) is 10.1 Å². The highest BCUT2D eigenvalue weighted by Gasteiger charge is 2.14. The summed E-state index contributed by atoms with van der Waals surface area (Å²) in [6.45, 7) is 0. The summed E-state index contributed by atoms with van der Waals surface area (Å²) in [6, 6.07) is 12.8. The topological polar surface area (TPSA) is 64.4 Å². The number of methoxy groups -OCH3 is 1. The van der Waals surface area contributed by atoms with E-state index in [2.05, 4.69) is 10.3 Å². The SMILES string of the molecule is COc1cccc2cc(-c3csc(NC(=O)c4ccc(F)cc4)n3)oc12. The van der Waals surface area contributed by atoms with Gasteiger partial charge in [-0.25, -0.2) is 9.37 Å². The van der Waals surface area contributed by atoms with E-state index in [1.165, 1.54) is 35.6 Å². The Morgan fingerprint density at radius 2 is 2.04 bits per heavy atom. The quantitative estimate of drug-likeness (QED) is 0.553. The van der Waals surface area contributed by atoms with Crippen LogP contribution in [-0.2, 0) is 0 Å². The normalized spacial score (nSPS) is 10.8. The van der Waals surface area contributed by atoms with Crippen LogP contribution in [0, 0.1) is 5.82 Å². The van der Waals surface area contributed by atoms with Crippen molar-refractivity contribution in [3.63, 3.8) is 0 Å². The van der Waals surface area contributed by atoms with Gasteiger partial charge in [0.05, 0.1) is 7.11 Å². The summed E-state index contributed by atoms with van der Waals surface area (Å²) in [5, 5.41) is 5.84. The number of benzene rings is 2. The molecule has 2 aromatic carbocycles. The average molecular weight is 368 g/mol. The molecule has 0 aliphatic carbocycles. The van der Waals surface area contributed by atoms with Crippen molar-refractivity contribution >= 4 is 33.3 Å². The van der Waals surface area contributed by atoms with Crippen LogP contribution in [0.5, 0.6) is 5.75 Å². The van der Waals surface area contributed by atoms with Crippen LogP contribution in [0.4, 0.5) is 9.52 Å². The van der Waals surface area contributed by atoms with E-state index in [4.69, 9.17) is 9.15 Å².